The molecule has 0 saturated heterocycles. The Morgan fingerprint density at radius 2 is 1.70 bits per heavy atom. The van der Waals surface area contributed by atoms with Gasteiger partial charge in [0.25, 0.3) is 0 Å². The highest BCUT2D eigenvalue weighted by molar-refractivity contribution is 5.69. The quantitative estimate of drug-likeness (QED) is 0.873. The van der Waals surface area contributed by atoms with Crippen LogP contribution >= 0.6 is 0 Å². The van der Waals surface area contributed by atoms with Crippen LogP contribution in [0.3, 0.4) is 0 Å². The number of para-hydroxylation sites is 1. The Morgan fingerprint density at radius 1 is 1.05 bits per heavy atom. The van der Waals surface area contributed by atoms with E-state index in [1.54, 1.807) is 25.1 Å². The molecule has 0 heterocycles. The van der Waals surface area contributed by atoms with E-state index in [1.807, 2.05) is 36.4 Å². The first-order valence-electron chi connectivity index (χ1n) is 6.34. The number of aliphatic carboxylic acids is 1. The molecule has 2 rings (SSSR count). The molecule has 0 aliphatic heterocycles. The van der Waals surface area contributed by atoms with E-state index >= 15 is 0 Å². The lowest BCUT2D eigenvalue weighted by molar-refractivity contribution is -0.142. The van der Waals surface area contributed by atoms with Gasteiger partial charge in [-0.1, -0.05) is 24.3 Å². The van der Waals surface area contributed by atoms with Crippen LogP contribution in [0.5, 0.6) is 17.2 Å². The molecule has 0 aliphatic carbocycles. The largest absolute Gasteiger partial charge is 0.493 e. The van der Waals surface area contributed by atoms with Crippen LogP contribution in [0.2, 0.25) is 0 Å². The highest BCUT2D eigenvalue weighted by atomic mass is 16.5. The standard InChI is InChI=1S/C16H16O4/c1-12(16(17)18)11-19-14-8-5-9-15(10-14)20-13-6-3-2-4-7-13/h2-10,12H,11H2,1H3,(H,17,18). The van der Waals surface area contributed by atoms with Gasteiger partial charge in [-0.3, -0.25) is 4.79 Å². The van der Waals surface area contributed by atoms with Gasteiger partial charge in [0.15, 0.2) is 0 Å². The molecule has 0 spiro atoms. The summed E-state index contributed by atoms with van der Waals surface area (Å²) in [5.41, 5.74) is 0. The molecular formula is C16H16O4. The van der Waals surface area contributed by atoms with Crippen molar-refractivity contribution < 1.29 is 19.4 Å². The van der Waals surface area contributed by atoms with E-state index < -0.39 is 11.9 Å². The van der Waals surface area contributed by atoms with E-state index in [-0.39, 0.29) is 6.61 Å². The first-order valence-corrected chi connectivity index (χ1v) is 6.34. The van der Waals surface area contributed by atoms with E-state index in [2.05, 4.69) is 0 Å². The lowest BCUT2D eigenvalue weighted by Crippen LogP contribution is -2.17. The molecule has 1 unspecified atom stereocenters. The van der Waals surface area contributed by atoms with Crippen LogP contribution < -0.4 is 9.47 Å². The predicted octanol–water partition coefficient (Wildman–Crippen LogP) is 3.58. The third-order valence-electron chi connectivity index (χ3n) is 2.71. The highest BCUT2D eigenvalue weighted by Gasteiger charge is 2.11. The van der Waals surface area contributed by atoms with Gasteiger partial charge >= 0.3 is 5.97 Å². The maximum Gasteiger partial charge on any atom is 0.309 e. The summed E-state index contributed by atoms with van der Waals surface area (Å²) < 4.78 is 11.1. The van der Waals surface area contributed by atoms with Crippen LogP contribution in [0.1, 0.15) is 6.92 Å². The maximum absolute atomic E-state index is 10.7. The van der Waals surface area contributed by atoms with Crippen molar-refractivity contribution in [2.75, 3.05) is 6.61 Å². The summed E-state index contributed by atoms with van der Waals surface area (Å²) in [6, 6.07) is 16.6. The van der Waals surface area contributed by atoms with E-state index in [0.717, 1.165) is 5.75 Å². The molecule has 0 bridgehead atoms. The molecule has 0 saturated carbocycles. The van der Waals surface area contributed by atoms with Crippen molar-refractivity contribution in [1.82, 2.24) is 0 Å². The summed E-state index contributed by atoms with van der Waals surface area (Å²) in [6.07, 6.45) is 0. The fourth-order valence-corrected chi connectivity index (χ4v) is 1.54. The topological polar surface area (TPSA) is 55.8 Å². The van der Waals surface area contributed by atoms with Crippen molar-refractivity contribution in [3.05, 3.63) is 54.6 Å². The second kappa shape index (κ2) is 6.61. The van der Waals surface area contributed by atoms with Crippen molar-refractivity contribution in [3.8, 4) is 17.2 Å². The third-order valence-corrected chi connectivity index (χ3v) is 2.71. The van der Waals surface area contributed by atoms with Gasteiger partial charge in [-0.2, -0.15) is 0 Å². The molecule has 20 heavy (non-hydrogen) atoms. The van der Waals surface area contributed by atoms with E-state index in [1.165, 1.54) is 0 Å². The van der Waals surface area contributed by atoms with Crippen molar-refractivity contribution in [2.45, 2.75) is 6.92 Å². The normalized spacial score (nSPS) is 11.7. The smallest absolute Gasteiger partial charge is 0.309 e. The summed E-state index contributed by atoms with van der Waals surface area (Å²) in [5.74, 6) is 0.558. The van der Waals surface area contributed by atoms with Crippen LogP contribution in [-0.4, -0.2) is 17.7 Å². The van der Waals surface area contributed by atoms with E-state index in [4.69, 9.17) is 14.6 Å². The molecule has 4 nitrogen and oxygen atoms in total. The number of hydrogen-bond acceptors (Lipinski definition) is 3. The number of carbonyl (C=O) groups is 1. The zero-order chi connectivity index (χ0) is 14.4. The average Bonchev–Trinajstić information content (AvgIpc) is 2.46. The molecule has 2 aromatic rings. The molecule has 0 aliphatic rings. The molecule has 2 aromatic carbocycles. The van der Waals surface area contributed by atoms with Gasteiger partial charge < -0.3 is 14.6 Å². The summed E-state index contributed by atoms with van der Waals surface area (Å²) in [4.78, 5) is 10.7. The summed E-state index contributed by atoms with van der Waals surface area (Å²) >= 11 is 0. The Bertz CT molecular complexity index is 566. The van der Waals surface area contributed by atoms with Gasteiger partial charge in [-0.25, -0.2) is 0 Å². The first-order chi connectivity index (χ1) is 9.65. The number of rotatable bonds is 6. The molecule has 0 fully saturated rings. The Balaban J connectivity index is 1.99. The molecule has 0 amide bonds. The fourth-order valence-electron chi connectivity index (χ4n) is 1.54. The van der Waals surface area contributed by atoms with Gasteiger partial charge in [-0.15, -0.1) is 0 Å². The first kappa shape index (κ1) is 13.9. The molecular weight excluding hydrogens is 256 g/mol. The third kappa shape index (κ3) is 4.02. The maximum atomic E-state index is 10.7. The summed E-state index contributed by atoms with van der Waals surface area (Å²) in [7, 11) is 0. The summed E-state index contributed by atoms with van der Waals surface area (Å²) in [5, 5.41) is 8.80. The Hall–Kier alpha value is -2.49. The summed E-state index contributed by atoms with van der Waals surface area (Å²) in [6.45, 7) is 1.73. The van der Waals surface area contributed by atoms with E-state index in [0.29, 0.717) is 11.5 Å². The van der Waals surface area contributed by atoms with Crippen molar-refractivity contribution in [1.29, 1.82) is 0 Å². The second-order valence-corrected chi connectivity index (χ2v) is 4.44. The Kier molecular flexibility index (Phi) is 4.60. The average molecular weight is 272 g/mol. The van der Waals surface area contributed by atoms with Crippen LogP contribution in [0.25, 0.3) is 0 Å². The van der Waals surface area contributed by atoms with Crippen molar-refractivity contribution in [2.24, 2.45) is 5.92 Å². The number of carboxylic acids is 1. The van der Waals surface area contributed by atoms with Gasteiger partial charge in [0.2, 0.25) is 0 Å². The Labute approximate surface area is 117 Å². The minimum Gasteiger partial charge on any atom is -0.493 e. The van der Waals surface area contributed by atoms with Gasteiger partial charge in [0, 0.05) is 6.07 Å². The van der Waals surface area contributed by atoms with Crippen molar-refractivity contribution in [3.63, 3.8) is 0 Å². The zero-order valence-electron chi connectivity index (χ0n) is 11.2. The molecule has 0 aromatic heterocycles. The fraction of sp³-hybridized carbons (Fsp3) is 0.188. The lowest BCUT2D eigenvalue weighted by atomic mass is 10.2. The number of carboxylic acid groups (broad SMARTS) is 1. The highest BCUT2D eigenvalue weighted by Crippen LogP contribution is 2.25. The minimum absolute atomic E-state index is 0.129. The molecule has 4 heteroatoms. The molecule has 1 N–H and O–H groups in total. The molecule has 0 radical (unpaired) electrons. The SMILES string of the molecule is CC(COc1cccc(Oc2ccccc2)c1)C(=O)O. The Morgan fingerprint density at radius 3 is 2.40 bits per heavy atom. The number of hydrogen-bond donors (Lipinski definition) is 1. The number of benzene rings is 2. The van der Waals surface area contributed by atoms with Gasteiger partial charge in [-0.05, 0) is 31.2 Å². The molecule has 104 valence electrons. The van der Waals surface area contributed by atoms with Gasteiger partial charge in [0.1, 0.15) is 23.9 Å². The van der Waals surface area contributed by atoms with Gasteiger partial charge in [0.05, 0.1) is 5.92 Å². The van der Waals surface area contributed by atoms with Crippen LogP contribution in [0.15, 0.2) is 54.6 Å². The van der Waals surface area contributed by atoms with Crippen LogP contribution in [0.4, 0.5) is 0 Å². The molecule has 1 atom stereocenters. The minimum atomic E-state index is -0.873. The second-order valence-electron chi connectivity index (χ2n) is 4.44. The van der Waals surface area contributed by atoms with Crippen LogP contribution in [-0.2, 0) is 4.79 Å². The number of ether oxygens (including phenoxy) is 2. The zero-order valence-corrected chi connectivity index (χ0v) is 11.2. The predicted molar refractivity (Wildman–Crippen MR) is 75.3 cm³/mol. The van der Waals surface area contributed by atoms with Crippen molar-refractivity contribution >= 4 is 5.97 Å². The lowest BCUT2D eigenvalue weighted by Gasteiger charge is -2.11. The van der Waals surface area contributed by atoms with E-state index in [9.17, 15) is 4.79 Å². The van der Waals surface area contributed by atoms with Crippen LogP contribution in [0, 0.1) is 5.92 Å². The monoisotopic (exact) mass is 272 g/mol.